The summed E-state index contributed by atoms with van der Waals surface area (Å²) < 4.78 is 5.53. The number of nitrogens with zero attached hydrogens (tertiary/aromatic N) is 2. The Bertz CT molecular complexity index is 682. The molecule has 0 aliphatic carbocycles. The average Bonchev–Trinajstić information content (AvgIpc) is 2.61. The van der Waals surface area contributed by atoms with Gasteiger partial charge in [0.2, 0.25) is 5.88 Å². The van der Waals surface area contributed by atoms with Crippen LogP contribution in [0.3, 0.4) is 0 Å². The molecule has 0 radical (unpaired) electrons. The molecule has 5 nitrogen and oxygen atoms in total. The molecule has 2 rings (SSSR count). The van der Waals surface area contributed by atoms with Gasteiger partial charge in [-0.25, -0.2) is 4.98 Å². The summed E-state index contributed by atoms with van der Waals surface area (Å²) in [6.45, 7) is 3.87. The quantitative estimate of drug-likeness (QED) is 0.365. The Morgan fingerprint density at radius 2 is 1.92 bits per heavy atom. The fourth-order valence-electron chi connectivity index (χ4n) is 2.24. The number of aromatic nitrogens is 1. The molecule has 7 heteroatoms. The molecule has 1 aromatic heterocycles. The molecular weight excluding hydrogens is 451 g/mol. The number of hydrogen-bond donors (Lipinski definition) is 2. The molecule has 0 spiro atoms. The molecule has 0 aliphatic heterocycles. The molecule has 0 unspecified atom stereocenters. The van der Waals surface area contributed by atoms with Crippen molar-refractivity contribution >= 4 is 41.5 Å². The zero-order chi connectivity index (χ0) is 17.2. The Morgan fingerprint density at radius 1 is 1.16 bits per heavy atom. The lowest BCUT2D eigenvalue weighted by Gasteiger charge is -2.14. The van der Waals surface area contributed by atoms with Crippen LogP contribution in [0.15, 0.2) is 47.6 Å². The molecule has 2 aromatic rings. The number of aliphatic imine (C=N–C) groups is 1. The number of hydrogen-bond acceptors (Lipinski definition) is 3. The summed E-state index contributed by atoms with van der Waals surface area (Å²) in [5.74, 6) is 1.38. The standard InChI is InChI=1S/C18H23ClN4O.HI/c1-3-24-17-15(8-6-11-21-17)13-23-18(20-2)22-12-10-14-7-4-5-9-16(14)19;/h4-9,11H,3,10,12-13H2,1-2H3,(H2,20,22,23);1H. The highest BCUT2D eigenvalue weighted by molar-refractivity contribution is 14.0. The SMILES string of the molecule is CCOc1ncccc1CNC(=NC)NCCc1ccccc1Cl.I. The lowest BCUT2D eigenvalue weighted by Crippen LogP contribution is -2.38. The summed E-state index contributed by atoms with van der Waals surface area (Å²) in [6.07, 6.45) is 2.56. The topological polar surface area (TPSA) is 58.5 Å². The first-order valence-electron chi connectivity index (χ1n) is 7.99. The number of benzene rings is 1. The second kappa shape index (κ2) is 11.9. The van der Waals surface area contributed by atoms with Crippen molar-refractivity contribution in [3.63, 3.8) is 0 Å². The predicted molar refractivity (Wildman–Crippen MR) is 114 cm³/mol. The minimum atomic E-state index is 0. The van der Waals surface area contributed by atoms with Gasteiger partial charge in [0, 0.05) is 36.9 Å². The van der Waals surface area contributed by atoms with Gasteiger partial charge in [-0.3, -0.25) is 4.99 Å². The molecule has 1 heterocycles. The highest BCUT2D eigenvalue weighted by Gasteiger charge is 2.05. The van der Waals surface area contributed by atoms with E-state index in [4.69, 9.17) is 16.3 Å². The minimum absolute atomic E-state index is 0. The Kier molecular flexibility index (Phi) is 10.3. The van der Waals surface area contributed by atoms with Gasteiger partial charge in [-0.2, -0.15) is 0 Å². The van der Waals surface area contributed by atoms with Gasteiger partial charge in [0.15, 0.2) is 5.96 Å². The van der Waals surface area contributed by atoms with E-state index < -0.39 is 0 Å². The number of nitrogens with one attached hydrogen (secondary N) is 2. The van der Waals surface area contributed by atoms with Gasteiger partial charge in [-0.1, -0.05) is 35.9 Å². The van der Waals surface area contributed by atoms with Crippen LogP contribution in [0, 0.1) is 0 Å². The summed E-state index contributed by atoms with van der Waals surface area (Å²) in [5.41, 5.74) is 2.11. The van der Waals surface area contributed by atoms with Crippen LogP contribution in [0.4, 0.5) is 0 Å². The van der Waals surface area contributed by atoms with Crippen LogP contribution >= 0.6 is 35.6 Å². The van der Waals surface area contributed by atoms with E-state index >= 15 is 0 Å². The zero-order valence-electron chi connectivity index (χ0n) is 14.5. The van der Waals surface area contributed by atoms with Gasteiger partial charge >= 0.3 is 0 Å². The Balaban J connectivity index is 0.00000312. The second-order valence-electron chi connectivity index (χ2n) is 5.09. The molecule has 0 saturated heterocycles. The number of halogens is 2. The van der Waals surface area contributed by atoms with E-state index in [0.717, 1.165) is 35.1 Å². The van der Waals surface area contributed by atoms with E-state index in [0.29, 0.717) is 19.0 Å². The first-order chi connectivity index (χ1) is 11.7. The molecular formula is C18H24ClIN4O. The van der Waals surface area contributed by atoms with Crippen LogP contribution < -0.4 is 15.4 Å². The van der Waals surface area contributed by atoms with Gasteiger partial charge in [0.1, 0.15) is 0 Å². The summed E-state index contributed by atoms with van der Waals surface area (Å²) in [6, 6.07) is 11.7. The van der Waals surface area contributed by atoms with Crippen LogP contribution in [0.1, 0.15) is 18.1 Å². The third-order valence-corrected chi connectivity index (χ3v) is 3.81. The number of pyridine rings is 1. The lowest BCUT2D eigenvalue weighted by atomic mass is 10.1. The van der Waals surface area contributed by atoms with Crippen LogP contribution in [-0.4, -0.2) is 31.1 Å². The molecule has 0 atom stereocenters. The molecule has 0 saturated carbocycles. The van der Waals surface area contributed by atoms with Crippen molar-refractivity contribution in [2.24, 2.45) is 4.99 Å². The lowest BCUT2D eigenvalue weighted by molar-refractivity contribution is 0.322. The van der Waals surface area contributed by atoms with E-state index in [9.17, 15) is 0 Å². The van der Waals surface area contributed by atoms with Crippen molar-refractivity contribution in [1.29, 1.82) is 0 Å². The largest absolute Gasteiger partial charge is 0.478 e. The van der Waals surface area contributed by atoms with E-state index in [2.05, 4.69) is 20.6 Å². The summed E-state index contributed by atoms with van der Waals surface area (Å²) in [7, 11) is 1.75. The van der Waals surface area contributed by atoms with Crippen molar-refractivity contribution < 1.29 is 4.74 Å². The molecule has 0 amide bonds. The van der Waals surface area contributed by atoms with Gasteiger partial charge in [0.05, 0.1) is 6.61 Å². The summed E-state index contributed by atoms with van der Waals surface area (Å²) >= 11 is 6.17. The van der Waals surface area contributed by atoms with Crippen LogP contribution in [-0.2, 0) is 13.0 Å². The fraction of sp³-hybridized carbons (Fsp3) is 0.333. The third-order valence-electron chi connectivity index (χ3n) is 3.45. The van der Waals surface area contributed by atoms with Gasteiger partial charge in [0.25, 0.3) is 0 Å². The van der Waals surface area contributed by atoms with E-state index in [-0.39, 0.29) is 24.0 Å². The highest BCUT2D eigenvalue weighted by atomic mass is 127. The van der Waals surface area contributed by atoms with E-state index in [1.807, 2.05) is 43.3 Å². The Morgan fingerprint density at radius 3 is 2.64 bits per heavy atom. The predicted octanol–water partition coefficient (Wildman–Crippen LogP) is 3.66. The monoisotopic (exact) mass is 474 g/mol. The molecule has 0 bridgehead atoms. The molecule has 1 aromatic carbocycles. The highest BCUT2D eigenvalue weighted by Crippen LogP contribution is 2.15. The third kappa shape index (κ3) is 7.07. The zero-order valence-corrected chi connectivity index (χ0v) is 17.5. The fourth-order valence-corrected chi connectivity index (χ4v) is 2.47. The van der Waals surface area contributed by atoms with Crippen molar-refractivity contribution in [2.75, 3.05) is 20.2 Å². The first kappa shape index (κ1) is 21.5. The molecule has 0 aliphatic rings. The van der Waals surface area contributed by atoms with Crippen molar-refractivity contribution in [1.82, 2.24) is 15.6 Å². The number of guanidine groups is 1. The smallest absolute Gasteiger partial charge is 0.218 e. The maximum absolute atomic E-state index is 6.17. The van der Waals surface area contributed by atoms with Gasteiger partial charge in [-0.05, 0) is 31.0 Å². The molecule has 25 heavy (non-hydrogen) atoms. The normalized spacial score (nSPS) is 10.8. The van der Waals surface area contributed by atoms with Crippen LogP contribution in [0.5, 0.6) is 5.88 Å². The molecule has 2 N–H and O–H groups in total. The van der Waals surface area contributed by atoms with E-state index in [1.54, 1.807) is 13.2 Å². The van der Waals surface area contributed by atoms with Gasteiger partial charge < -0.3 is 15.4 Å². The summed E-state index contributed by atoms with van der Waals surface area (Å²) in [5, 5.41) is 7.35. The maximum atomic E-state index is 6.17. The van der Waals surface area contributed by atoms with Crippen LogP contribution in [0.2, 0.25) is 5.02 Å². The Labute approximate surface area is 171 Å². The minimum Gasteiger partial charge on any atom is -0.478 e. The molecule has 136 valence electrons. The average molecular weight is 475 g/mol. The van der Waals surface area contributed by atoms with Gasteiger partial charge in [-0.15, -0.1) is 24.0 Å². The number of ether oxygens (including phenoxy) is 1. The Hall–Kier alpha value is -1.54. The maximum Gasteiger partial charge on any atom is 0.218 e. The second-order valence-corrected chi connectivity index (χ2v) is 5.50. The summed E-state index contributed by atoms with van der Waals surface area (Å²) in [4.78, 5) is 8.48. The van der Waals surface area contributed by atoms with Crippen molar-refractivity contribution in [2.45, 2.75) is 19.9 Å². The molecule has 0 fully saturated rings. The van der Waals surface area contributed by atoms with E-state index in [1.165, 1.54) is 0 Å². The van der Waals surface area contributed by atoms with Crippen molar-refractivity contribution in [3.05, 3.63) is 58.7 Å². The number of rotatable bonds is 7. The van der Waals surface area contributed by atoms with Crippen LogP contribution in [0.25, 0.3) is 0 Å². The van der Waals surface area contributed by atoms with Crippen molar-refractivity contribution in [3.8, 4) is 5.88 Å². The first-order valence-corrected chi connectivity index (χ1v) is 8.37.